The lowest BCUT2D eigenvalue weighted by Gasteiger charge is -2.37. The van der Waals surface area contributed by atoms with Gasteiger partial charge in [-0.3, -0.25) is 0 Å². The van der Waals surface area contributed by atoms with Crippen molar-refractivity contribution in [3.8, 4) is 11.4 Å². The van der Waals surface area contributed by atoms with Crippen molar-refractivity contribution < 1.29 is 18.3 Å². The smallest absolute Gasteiger partial charge is 0.350 e. The number of nitrogens with zero attached hydrogens (tertiary/aromatic N) is 8. The maximum absolute atomic E-state index is 15.0. The Morgan fingerprint density at radius 2 is 1.59 bits per heavy atom. The van der Waals surface area contributed by atoms with Crippen molar-refractivity contribution in [2.24, 2.45) is 5.92 Å². The highest BCUT2D eigenvalue weighted by Gasteiger charge is 2.44. The van der Waals surface area contributed by atoms with E-state index in [9.17, 15) is 13.6 Å². The highest BCUT2D eigenvalue weighted by molar-refractivity contribution is 5.54. The first kappa shape index (κ1) is 32.5. The van der Waals surface area contributed by atoms with Gasteiger partial charge < -0.3 is 19.3 Å². The van der Waals surface area contributed by atoms with Crippen LogP contribution in [0.4, 0.5) is 20.2 Å². The normalized spacial score (nSPS) is 20.1. The van der Waals surface area contributed by atoms with Gasteiger partial charge in [-0.25, -0.2) is 32.5 Å². The first-order chi connectivity index (χ1) is 23.8. The summed E-state index contributed by atoms with van der Waals surface area (Å²) >= 11 is 0. The predicted octanol–water partition coefficient (Wildman–Crippen LogP) is 5.21. The van der Waals surface area contributed by atoms with E-state index >= 15 is 0 Å². The van der Waals surface area contributed by atoms with Gasteiger partial charge in [0.2, 0.25) is 0 Å². The Bertz CT molecular complexity index is 1900. The minimum Gasteiger partial charge on any atom is -0.493 e. The Morgan fingerprint density at radius 1 is 0.918 bits per heavy atom. The Labute approximate surface area is 283 Å². The van der Waals surface area contributed by atoms with E-state index in [4.69, 9.17) is 9.47 Å². The summed E-state index contributed by atoms with van der Waals surface area (Å²) < 4.78 is 45.8. The Morgan fingerprint density at radius 3 is 2.22 bits per heavy atom. The molecular weight excluding hydrogens is 630 g/mol. The first-order valence-electron chi connectivity index (χ1n) is 16.7. The average Bonchev–Trinajstić information content (AvgIpc) is 3.88. The third-order valence-electron chi connectivity index (χ3n) is 9.68. The van der Waals surface area contributed by atoms with Gasteiger partial charge >= 0.3 is 5.69 Å². The van der Waals surface area contributed by atoms with Gasteiger partial charge in [0.25, 0.3) is 0 Å². The van der Waals surface area contributed by atoms with E-state index in [0.29, 0.717) is 25.2 Å². The van der Waals surface area contributed by atoms with Crippen molar-refractivity contribution in [3.63, 3.8) is 0 Å². The summed E-state index contributed by atoms with van der Waals surface area (Å²) in [5, 5.41) is 8.47. The van der Waals surface area contributed by atoms with E-state index in [1.165, 1.54) is 23.1 Å². The van der Waals surface area contributed by atoms with Crippen LogP contribution in [0.5, 0.6) is 5.75 Å². The summed E-state index contributed by atoms with van der Waals surface area (Å²) in [6.07, 6.45) is 5.90. The van der Waals surface area contributed by atoms with Gasteiger partial charge in [0.15, 0.2) is 0 Å². The van der Waals surface area contributed by atoms with Crippen LogP contribution >= 0.6 is 0 Å². The molecule has 3 aromatic carbocycles. The molecule has 2 aliphatic heterocycles. The number of hydrogen-bond acceptors (Lipinski definition) is 8. The van der Waals surface area contributed by atoms with Gasteiger partial charge in [0.1, 0.15) is 42.0 Å². The van der Waals surface area contributed by atoms with Crippen LogP contribution in [0.3, 0.4) is 0 Å². The summed E-state index contributed by atoms with van der Waals surface area (Å²) in [5.41, 5.74) is 2.22. The number of aromatic nitrogens is 6. The van der Waals surface area contributed by atoms with Gasteiger partial charge in [0.05, 0.1) is 31.5 Å². The van der Waals surface area contributed by atoms with Crippen LogP contribution in [0.1, 0.15) is 38.3 Å². The van der Waals surface area contributed by atoms with Crippen molar-refractivity contribution in [3.05, 3.63) is 113 Å². The predicted molar refractivity (Wildman–Crippen MR) is 181 cm³/mol. The maximum Gasteiger partial charge on any atom is 0.350 e. The molecule has 0 spiro atoms. The second-order valence-corrected chi connectivity index (χ2v) is 12.9. The van der Waals surface area contributed by atoms with Gasteiger partial charge in [-0.05, 0) is 74.4 Å². The SMILES string of the molecule is CCC(C)n1ncn(-c2ccc(N3CCN(c4ccc(OC[C@@H]5CO[C@@](Cn6cncn6)(c6ccc(F)cc6F)C5)cc4)CC3)cc2)c1=O. The Kier molecular flexibility index (Phi) is 9.17. The molecule has 0 amide bonds. The fourth-order valence-electron chi connectivity index (χ4n) is 6.77. The molecule has 49 heavy (non-hydrogen) atoms. The van der Waals surface area contributed by atoms with Crippen molar-refractivity contribution in [1.82, 2.24) is 29.1 Å². The lowest BCUT2D eigenvalue weighted by atomic mass is 9.87. The molecule has 0 N–H and O–H groups in total. The lowest BCUT2D eigenvalue weighted by Crippen LogP contribution is -2.46. The van der Waals surface area contributed by atoms with Gasteiger partial charge in [-0.15, -0.1) is 0 Å². The van der Waals surface area contributed by atoms with Gasteiger partial charge in [-0.1, -0.05) is 13.0 Å². The highest BCUT2D eigenvalue weighted by atomic mass is 19.1. The van der Waals surface area contributed by atoms with E-state index in [0.717, 1.165) is 61.5 Å². The molecule has 1 unspecified atom stereocenters. The number of benzene rings is 3. The molecule has 4 heterocycles. The fraction of sp³-hybridized carbons (Fsp3) is 0.389. The third kappa shape index (κ3) is 6.80. The van der Waals surface area contributed by atoms with Crippen LogP contribution in [-0.4, -0.2) is 68.5 Å². The minimum atomic E-state index is -1.01. The zero-order valence-corrected chi connectivity index (χ0v) is 27.7. The second kappa shape index (κ2) is 13.8. The number of rotatable bonds is 11. The van der Waals surface area contributed by atoms with Crippen LogP contribution in [-0.2, 0) is 16.9 Å². The molecule has 5 aromatic rings. The molecule has 0 radical (unpaired) electrons. The van der Waals surface area contributed by atoms with Crippen molar-refractivity contribution in [2.75, 3.05) is 49.2 Å². The number of piperazine rings is 1. The quantitative estimate of drug-likeness (QED) is 0.189. The monoisotopic (exact) mass is 670 g/mol. The molecule has 11 nitrogen and oxygen atoms in total. The fourth-order valence-corrected chi connectivity index (χ4v) is 6.77. The number of ether oxygens (including phenoxy) is 2. The number of hydrogen-bond donors (Lipinski definition) is 0. The minimum absolute atomic E-state index is 0.00165. The van der Waals surface area contributed by atoms with Crippen LogP contribution < -0.4 is 20.2 Å². The number of anilines is 2. The molecule has 2 fully saturated rings. The Hall–Kier alpha value is -5.04. The van der Waals surface area contributed by atoms with Crippen LogP contribution in [0, 0.1) is 17.6 Å². The summed E-state index contributed by atoms with van der Waals surface area (Å²) in [6, 6.07) is 19.8. The highest BCUT2D eigenvalue weighted by Crippen LogP contribution is 2.42. The van der Waals surface area contributed by atoms with Crippen LogP contribution in [0.25, 0.3) is 5.69 Å². The molecule has 13 heteroatoms. The van der Waals surface area contributed by atoms with E-state index < -0.39 is 17.2 Å². The van der Waals surface area contributed by atoms with Crippen molar-refractivity contribution in [2.45, 2.75) is 44.9 Å². The molecule has 2 aliphatic rings. The Balaban J connectivity index is 0.925. The third-order valence-corrected chi connectivity index (χ3v) is 9.68. The molecule has 2 aromatic heterocycles. The standard InChI is InChI=1S/C36H40F2N8O3/c1-3-26(2)46-35(47)45(25-41-46)31-7-5-29(6-8-31)42-14-16-43(17-15-42)30-9-11-32(12-10-30)48-20-27-19-36(49-21-27,22-44-24-39-23-40-44)33-13-4-28(37)18-34(33)38/h4-13,18,23-27H,3,14-17,19-22H2,1-2H3/t26?,27-,36+/m1/s1. The topological polar surface area (TPSA) is 95.5 Å². The van der Waals surface area contributed by atoms with Gasteiger partial charge in [0, 0.05) is 55.1 Å². The molecule has 256 valence electrons. The summed E-state index contributed by atoms with van der Waals surface area (Å²) in [7, 11) is 0. The molecule has 0 bridgehead atoms. The van der Waals surface area contributed by atoms with E-state index in [2.05, 4.69) is 49.2 Å². The molecular formula is C36H40F2N8O3. The molecule has 3 atom stereocenters. The molecule has 7 rings (SSSR count). The average molecular weight is 671 g/mol. The van der Waals surface area contributed by atoms with E-state index in [1.54, 1.807) is 21.9 Å². The van der Waals surface area contributed by atoms with Crippen molar-refractivity contribution >= 4 is 11.4 Å². The summed E-state index contributed by atoms with van der Waals surface area (Å²) in [6.45, 7) is 8.54. The van der Waals surface area contributed by atoms with E-state index in [1.807, 2.05) is 38.1 Å². The zero-order valence-electron chi connectivity index (χ0n) is 27.7. The van der Waals surface area contributed by atoms with Gasteiger partial charge in [-0.2, -0.15) is 10.2 Å². The summed E-state index contributed by atoms with van der Waals surface area (Å²) in [4.78, 5) is 21.5. The first-order valence-corrected chi connectivity index (χ1v) is 16.7. The second-order valence-electron chi connectivity index (χ2n) is 12.9. The van der Waals surface area contributed by atoms with Crippen LogP contribution in [0.2, 0.25) is 0 Å². The van der Waals surface area contributed by atoms with E-state index in [-0.39, 0.29) is 24.2 Å². The number of halogens is 2. The van der Waals surface area contributed by atoms with Crippen LogP contribution in [0.15, 0.2) is 90.5 Å². The van der Waals surface area contributed by atoms with Crippen molar-refractivity contribution in [1.29, 1.82) is 0 Å². The maximum atomic E-state index is 15.0. The zero-order chi connectivity index (χ0) is 34.0. The molecule has 2 saturated heterocycles. The summed E-state index contributed by atoms with van der Waals surface area (Å²) in [5.74, 6) is -0.529. The largest absolute Gasteiger partial charge is 0.493 e. The lowest BCUT2D eigenvalue weighted by molar-refractivity contribution is -0.0206. The molecule has 0 saturated carbocycles. The molecule has 0 aliphatic carbocycles.